The highest BCUT2D eigenvalue weighted by Crippen LogP contribution is 2.19. The van der Waals surface area contributed by atoms with Crippen LogP contribution >= 0.6 is 11.3 Å². The molecular formula is C11H15N3S. The average Bonchev–Trinajstić information content (AvgIpc) is 2.65. The van der Waals surface area contributed by atoms with Crippen LogP contribution in [0.2, 0.25) is 0 Å². The summed E-state index contributed by atoms with van der Waals surface area (Å²) in [5.41, 5.74) is 0.556. The molecule has 0 amide bonds. The lowest BCUT2D eigenvalue weighted by Gasteiger charge is -2.29. The van der Waals surface area contributed by atoms with Crippen molar-refractivity contribution in [3.63, 3.8) is 0 Å². The second-order valence-electron chi connectivity index (χ2n) is 4.22. The predicted octanol–water partition coefficient (Wildman–Crippen LogP) is 2.25. The monoisotopic (exact) mass is 221 g/mol. The highest BCUT2D eigenvalue weighted by molar-refractivity contribution is 7.09. The molecule has 80 valence electrons. The van der Waals surface area contributed by atoms with Gasteiger partial charge in [0.2, 0.25) is 0 Å². The number of hydrogen-bond donors (Lipinski definition) is 0. The van der Waals surface area contributed by atoms with E-state index in [0.717, 1.165) is 17.5 Å². The van der Waals surface area contributed by atoms with Gasteiger partial charge in [-0.2, -0.15) is 5.26 Å². The van der Waals surface area contributed by atoms with Crippen molar-refractivity contribution in [1.29, 1.82) is 5.26 Å². The van der Waals surface area contributed by atoms with E-state index in [1.807, 2.05) is 5.38 Å². The molecule has 0 aliphatic carbocycles. The lowest BCUT2D eigenvalue weighted by atomic mass is 10.0. The number of hydrogen-bond acceptors (Lipinski definition) is 4. The molecule has 1 aliphatic heterocycles. The molecule has 2 heterocycles. The maximum atomic E-state index is 8.68. The minimum atomic E-state index is 0.556. The maximum Gasteiger partial charge on any atom is 0.151 e. The van der Waals surface area contributed by atoms with E-state index in [2.05, 4.69) is 22.9 Å². The second kappa shape index (κ2) is 4.73. The Morgan fingerprint density at radius 3 is 3.27 bits per heavy atom. The second-order valence-corrected chi connectivity index (χ2v) is 5.16. The Labute approximate surface area is 94.4 Å². The quantitative estimate of drug-likeness (QED) is 0.769. The molecule has 4 heteroatoms. The summed E-state index contributed by atoms with van der Waals surface area (Å²) < 4.78 is 0. The zero-order valence-corrected chi connectivity index (χ0v) is 9.76. The van der Waals surface area contributed by atoms with Crippen LogP contribution in [-0.2, 0) is 6.54 Å². The third kappa shape index (κ3) is 2.77. The Hall–Kier alpha value is -0.920. The summed E-state index contributed by atoms with van der Waals surface area (Å²) in [6.45, 7) is 5.55. The van der Waals surface area contributed by atoms with Gasteiger partial charge in [-0.1, -0.05) is 6.92 Å². The number of nitriles is 1. The van der Waals surface area contributed by atoms with Gasteiger partial charge in [0.25, 0.3) is 0 Å². The van der Waals surface area contributed by atoms with Gasteiger partial charge >= 0.3 is 0 Å². The van der Waals surface area contributed by atoms with Crippen molar-refractivity contribution in [2.75, 3.05) is 13.1 Å². The van der Waals surface area contributed by atoms with Crippen LogP contribution in [0.15, 0.2) is 5.38 Å². The molecule has 1 aromatic rings. The van der Waals surface area contributed by atoms with E-state index < -0.39 is 0 Å². The van der Waals surface area contributed by atoms with Gasteiger partial charge in [-0.05, 0) is 25.3 Å². The highest BCUT2D eigenvalue weighted by atomic mass is 32.1. The van der Waals surface area contributed by atoms with Gasteiger partial charge in [-0.25, -0.2) is 4.98 Å². The van der Waals surface area contributed by atoms with Gasteiger partial charge in [0.1, 0.15) is 11.1 Å². The molecule has 0 bridgehead atoms. The first-order valence-corrected chi connectivity index (χ1v) is 6.23. The van der Waals surface area contributed by atoms with Gasteiger partial charge in [-0.3, -0.25) is 4.90 Å². The molecule has 1 aliphatic rings. The van der Waals surface area contributed by atoms with E-state index in [1.165, 1.54) is 25.9 Å². The lowest BCUT2D eigenvalue weighted by Crippen LogP contribution is -2.33. The molecule has 2 rings (SSSR count). The third-order valence-electron chi connectivity index (χ3n) is 2.77. The fourth-order valence-electron chi connectivity index (χ4n) is 2.06. The number of rotatable bonds is 2. The molecule has 15 heavy (non-hydrogen) atoms. The first-order valence-electron chi connectivity index (χ1n) is 5.35. The van der Waals surface area contributed by atoms with Crippen molar-refractivity contribution in [1.82, 2.24) is 9.88 Å². The smallest absolute Gasteiger partial charge is 0.151 e. The Balaban J connectivity index is 1.93. The van der Waals surface area contributed by atoms with E-state index in [4.69, 9.17) is 5.26 Å². The Kier molecular flexibility index (Phi) is 3.34. The van der Waals surface area contributed by atoms with E-state index in [1.54, 1.807) is 11.3 Å². The van der Waals surface area contributed by atoms with Gasteiger partial charge in [-0.15, -0.1) is 11.3 Å². The number of piperidine rings is 1. The minimum absolute atomic E-state index is 0.556. The normalized spacial score (nSPS) is 22.5. The molecule has 0 N–H and O–H groups in total. The number of nitrogens with zero attached hydrogens (tertiary/aromatic N) is 3. The molecule has 1 fully saturated rings. The third-order valence-corrected chi connectivity index (χ3v) is 3.60. The van der Waals surface area contributed by atoms with Crippen LogP contribution in [-0.4, -0.2) is 23.0 Å². The van der Waals surface area contributed by atoms with E-state index >= 15 is 0 Å². The van der Waals surface area contributed by atoms with Crippen LogP contribution in [0.4, 0.5) is 0 Å². The number of aromatic nitrogens is 1. The average molecular weight is 221 g/mol. The Morgan fingerprint density at radius 2 is 2.60 bits per heavy atom. The van der Waals surface area contributed by atoms with Crippen molar-refractivity contribution < 1.29 is 0 Å². The van der Waals surface area contributed by atoms with E-state index in [-0.39, 0.29) is 0 Å². The van der Waals surface area contributed by atoms with E-state index in [0.29, 0.717) is 5.69 Å². The SMILES string of the molecule is CC1CCCN(Cc2nc(C#N)cs2)C1. The summed E-state index contributed by atoms with van der Waals surface area (Å²) in [6, 6.07) is 2.07. The Morgan fingerprint density at radius 1 is 1.73 bits per heavy atom. The van der Waals surface area contributed by atoms with Crippen molar-refractivity contribution >= 4 is 11.3 Å². The molecule has 3 nitrogen and oxygen atoms in total. The fourth-order valence-corrected chi connectivity index (χ4v) is 2.82. The molecule has 0 spiro atoms. The fraction of sp³-hybridized carbons (Fsp3) is 0.636. The molecule has 1 saturated heterocycles. The van der Waals surface area contributed by atoms with Crippen LogP contribution < -0.4 is 0 Å². The van der Waals surface area contributed by atoms with Crippen LogP contribution in [0.3, 0.4) is 0 Å². The molecule has 0 radical (unpaired) electrons. The zero-order valence-electron chi connectivity index (χ0n) is 8.94. The van der Waals surface area contributed by atoms with Crippen LogP contribution in [0.5, 0.6) is 0 Å². The van der Waals surface area contributed by atoms with Gasteiger partial charge < -0.3 is 0 Å². The summed E-state index contributed by atoms with van der Waals surface area (Å²) in [5, 5.41) is 11.6. The summed E-state index contributed by atoms with van der Waals surface area (Å²) in [5.74, 6) is 0.800. The van der Waals surface area contributed by atoms with Crippen molar-refractivity contribution in [3.8, 4) is 6.07 Å². The van der Waals surface area contributed by atoms with Gasteiger partial charge in [0.05, 0.1) is 6.54 Å². The predicted molar refractivity (Wildman–Crippen MR) is 60.5 cm³/mol. The maximum absolute atomic E-state index is 8.68. The molecular weight excluding hydrogens is 206 g/mol. The molecule has 1 unspecified atom stereocenters. The highest BCUT2D eigenvalue weighted by Gasteiger charge is 2.17. The molecule has 1 aromatic heterocycles. The summed E-state index contributed by atoms with van der Waals surface area (Å²) >= 11 is 1.59. The Bertz CT molecular complexity index is 366. The van der Waals surface area contributed by atoms with Crippen LogP contribution in [0.25, 0.3) is 0 Å². The lowest BCUT2D eigenvalue weighted by molar-refractivity contribution is 0.176. The summed E-state index contributed by atoms with van der Waals surface area (Å²) in [7, 11) is 0. The number of thiazole rings is 1. The van der Waals surface area contributed by atoms with Crippen molar-refractivity contribution in [2.45, 2.75) is 26.3 Å². The molecule has 0 saturated carbocycles. The largest absolute Gasteiger partial charge is 0.296 e. The van der Waals surface area contributed by atoms with Crippen molar-refractivity contribution in [2.24, 2.45) is 5.92 Å². The summed E-state index contributed by atoms with van der Waals surface area (Å²) in [4.78, 5) is 6.70. The van der Waals surface area contributed by atoms with E-state index in [9.17, 15) is 0 Å². The topological polar surface area (TPSA) is 39.9 Å². The minimum Gasteiger partial charge on any atom is -0.296 e. The molecule has 0 aromatic carbocycles. The zero-order chi connectivity index (χ0) is 10.7. The van der Waals surface area contributed by atoms with Gasteiger partial charge in [0, 0.05) is 11.9 Å². The van der Waals surface area contributed by atoms with Crippen molar-refractivity contribution in [3.05, 3.63) is 16.1 Å². The van der Waals surface area contributed by atoms with Gasteiger partial charge in [0.15, 0.2) is 5.69 Å². The van der Waals surface area contributed by atoms with Crippen LogP contribution in [0, 0.1) is 17.2 Å². The first kappa shape index (κ1) is 10.6. The summed E-state index contributed by atoms with van der Waals surface area (Å²) in [6.07, 6.45) is 2.63. The first-order chi connectivity index (χ1) is 7.28. The standard InChI is InChI=1S/C11H15N3S/c1-9-3-2-4-14(6-9)7-11-13-10(5-12)8-15-11/h8-9H,2-4,6-7H2,1H3. The molecule has 1 atom stereocenters. The number of likely N-dealkylation sites (tertiary alicyclic amines) is 1. The van der Waals surface area contributed by atoms with Crippen LogP contribution in [0.1, 0.15) is 30.5 Å².